The Morgan fingerprint density at radius 3 is 2.50 bits per heavy atom. The normalized spacial score (nSPS) is 15.7. The summed E-state index contributed by atoms with van der Waals surface area (Å²) in [6.45, 7) is 2.04. The molecule has 0 unspecified atom stereocenters. The Kier molecular flexibility index (Phi) is 3.90. The highest BCUT2D eigenvalue weighted by atomic mass is 16.1. The van der Waals surface area contributed by atoms with E-state index in [0.29, 0.717) is 6.04 Å². The first-order chi connectivity index (χ1) is 8.58. The zero-order valence-corrected chi connectivity index (χ0v) is 11.5. The van der Waals surface area contributed by atoms with Crippen molar-refractivity contribution in [2.24, 2.45) is 0 Å². The average Bonchev–Trinajstić information content (AvgIpc) is 2.81. The molecule has 3 heteroatoms. The van der Waals surface area contributed by atoms with E-state index in [9.17, 15) is 4.79 Å². The minimum Gasteiger partial charge on any atom is -0.377 e. The quantitative estimate of drug-likeness (QED) is 0.889. The summed E-state index contributed by atoms with van der Waals surface area (Å²) in [5, 5.41) is 3.12. The molecule has 0 bridgehead atoms. The number of carbonyl (C=O) groups excluding carboxylic acids is 1. The van der Waals surface area contributed by atoms with Crippen LogP contribution in [0.5, 0.6) is 0 Å². The Morgan fingerprint density at radius 1 is 1.28 bits per heavy atom. The summed E-state index contributed by atoms with van der Waals surface area (Å²) in [6.07, 6.45) is 4.73. The van der Waals surface area contributed by atoms with Crippen LogP contribution >= 0.6 is 0 Å². The number of hydrogen-bond acceptors (Lipinski definition) is 2. The van der Waals surface area contributed by atoms with Crippen molar-refractivity contribution in [3.63, 3.8) is 0 Å². The standard InChI is InChI=1S/C15H22N2O/c1-11-10-12(8-9-14(11)17(2)3)15(18)16-13-6-4-5-7-13/h8-10,13H,4-7H2,1-3H3,(H,16,18). The molecule has 1 aliphatic carbocycles. The Morgan fingerprint density at radius 2 is 1.94 bits per heavy atom. The van der Waals surface area contributed by atoms with E-state index in [-0.39, 0.29) is 5.91 Å². The van der Waals surface area contributed by atoms with Gasteiger partial charge < -0.3 is 10.2 Å². The van der Waals surface area contributed by atoms with Crippen LogP contribution in [0.3, 0.4) is 0 Å². The van der Waals surface area contributed by atoms with E-state index < -0.39 is 0 Å². The largest absolute Gasteiger partial charge is 0.377 e. The Hall–Kier alpha value is -1.51. The summed E-state index contributed by atoms with van der Waals surface area (Å²) in [4.78, 5) is 14.2. The van der Waals surface area contributed by atoms with Crippen molar-refractivity contribution in [1.29, 1.82) is 0 Å². The van der Waals surface area contributed by atoms with E-state index >= 15 is 0 Å². The minimum absolute atomic E-state index is 0.0651. The fourth-order valence-corrected chi connectivity index (χ4v) is 2.64. The van der Waals surface area contributed by atoms with E-state index in [0.717, 1.165) is 29.7 Å². The predicted octanol–water partition coefficient (Wildman–Crippen LogP) is 2.73. The number of anilines is 1. The zero-order chi connectivity index (χ0) is 13.1. The molecule has 1 saturated carbocycles. The van der Waals surface area contributed by atoms with E-state index in [2.05, 4.69) is 10.2 Å². The number of amides is 1. The monoisotopic (exact) mass is 246 g/mol. The predicted molar refractivity (Wildman–Crippen MR) is 75.2 cm³/mol. The summed E-state index contributed by atoms with van der Waals surface area (Å²) in [5.74, 6) is 0.0651. The van der Waals surface area contributed by atoms with Gasteiger partial charge in [-0.15, -0.1) is 0 Å². The van der Waals surface area contributed by atoms with Crippen molar-refractivity contribution >= 4 is 11.6 Å². The third kappa shape index (κ3) is 2.84. The van der Waals surface area contributed by atoms with Crippen LogP contribution in [-0.4, -0.2) is 26.0 Å². The fourth-order valence-electron chi connectivity index (χ4n) is 2.64. The van der Waals surface area contributed by atoms with Crippen molar-refractivity contribution in [1.82, 2.24) is 5.32 Å². The number of benzene rings is 1. The van der Waals surface area contributed by atoms with Crippen molar-refractivity contribution in [2.45, 2.75) is 38.6 Å². The highest BCUT2D eigenvalue weighted by molar-refractivity contribution is 5.95. The van der Waals surface area contributed by atoms with Gasteiger partial charge in [-0.05, 0) is 43.5 Å². The molecule has 98 valence electrons. The third-order valence-corrected chi connectivity index (χ3v) is 3.63. The molecule has 0 saturated heterocycles. The SMILES string of the molecule is Cc1cc(C(=O)NC2CCCC2)ccc1N(C)C. The van der Waals surface area contributed by atoms with E-state index in [1.807, 2.05) is 39.2 Å². The number of aryl methyl sites for hydroxylation is 1. The third-order valence-electron chi connectivity index (χ3n) is 3.63. The summed E-state index contributed by atoms with van der Waals surface area (Å²) >= 11 is 0. The van der Waals surface area contributed by atoms with Crippen molar-refractivity contribution in [2.75, 3.05) is 19.0 Å². The minimum atomic E-state index is 0.0651. The van der Waals surface area contributed by atoms with Gasteiger partial charge in [-0.3, -0.25) is 4.79 Å². The summed E-state index contributed by atoms with van der Waals surface area (Å²) < 4.78 is 0. The van der Waals surface area contributed by atoms with Crippen molar-refractivity contribution in [3.8, 4) is 0 Å². The van der Waals surface area contributed by atoms with E-state index in [1.54, 1.807) is 0 Å². The lowest BCUT2D eigenvalue weighted by Gasteiger charge is -2.17. The second-order valence-electron chi connectivity index (χ2n) is 5.35. The molecule has 0 heterocycles. The first-order valence-electron chi connectivity index (χ1n) is 6.67. The molecule has 0 aromatic heterocycles. The molecule has 2 rings (SSSR count). The molecule has 1 amide bonds. The lowest BCUT2D eigenvalue weighted by molar-refractivity contribution is 0.0938. The molecule has 0 aliphatic heterocycles. The Balaban J connectivity index is 2.08. The summed E-state index contributed by atoms with van der Waals surface area (Å²) in [7, 11) is 4.03. The molecule has 0 spiro atoms. The molecule has 1 N–H and O–H groups in total. The van der Waals surface area contributed by atoms with Gasteiger partial charge in [-0.1, -0.05) is 12.8 Å². The van der Waals surface area contributed by atoms with Crippen LogP contribution in [0.1, 0.15) is 41.6 Å². The van der Waals surface area contributed by atoms with Crippen molar-refractivity contribution < 1.29 is 4.79 Å². The maximum absolute atomic E-state index is 12.1. The maximum Gasteiger partial charge on any atom is 0.251 e. The molecule has 1 aliphatic rings. The van der Waals surface area contributed by atoms with Gasteiger partial charge in [0.2, 0.25) is 0 Å². The molecule has 1 fully saturated rings. The van der Waals surface area contributed by atoms with Crippen LogP contribution < -0.4 is 10.2 Å². The van der Waals surface area contributed by atoms with Crippen LogP contribution in [0.15, 0.2) is 18.2 Å². The van der Waals surface area contributed by atoms with E-state index in [4.69, 9.17) is 0 Å². The molecule has 1 aromatic rings. The molecule has 0 radical (unpaired) electrons. The zero-order valence-electron chi connectivity index (χ0n) is 11.5. The van der Waals surface area contributed by atoms with Crippen LogP contribution in [-0.2, 0) is 0 Å². The number of rotatable bonds is 3. The van der Waals surface area contributed by atoms with Gasteiger partial charge in [0.1, 0.15) is 0 Å². The van der Waals surface area contributed by atoms with Gasteiger partial charge in [0, 0.05) is 31.4 Å². The van der Waals surface area contributed by atoms with Crippen LogP contribution in [0.2, 0.25) is 0 Å². The van der Waals surface area contributed by atoms with Gasteiger partial charge in [0.05, 0.1) is 0 Å². The molecular formula is C15H22N2O. The molecule has 3 nitrogen and oxygen atoms in total. The number of carbonyl (C=O) groups is 1. The van der Waals surface area contributed by atoms with E-state index in [1.165, 1.54) is 12.8 Å². The number of nitrogens with one attached hydrogen (secondary N) is 1. The van der Waals surface area contributed by atoms with Gasteiger partial charge >= 0.3 is 0 Å². The number of hydrogen-bond donors (Lipinski definition) is 1. The maximum atomic E-state index is 12.1. The first kappa shape index (κ1) is 12.9. The molecule has 1 aromatic carbocycles. The summed E-state index contributed by atoms with van der Waals surface area (Å²) in [6, 6.07) is 6.27. The Bertz CT molecular complexity index is 434. The summed E-state index contributed by atoms with van der Waals surface area (Å²) in [5.41, 5.74) is 3.07. The van der Waals surface area contributed by atoms with Gasteiger partial charge in [0.15, 0.2) is 0 Å². The van der Waals surface area contributed by atoms with Crippen LogP contribution in [0, 0.1) is 6.92 Å². The number of nitrogens with zero attached hydrogens (tertiary/aromatic N) is 1. The lowest BCUT2D eigenvalue weighted by Crippen LogP contribution is -2.32. The first-order valence-corrected chi connectivity index (χ1v) is 6.67. The molecule has 18 heavy (non-hydrogen) atoms. The van der Waals surface area contributed by atoms with Crippen LogP contribution in [0.4, 0.5) is 5.69 Å². The van der Waals surface area contributed by atoms with Gasteiger partial charge in [-0.25, -0.2) is 0 Å². The van der Waals surface area contributed by atoms with Gasteiger partial charge in [0.25, 0.3) is 5.91 Å². The highest BCUT2D eigenvalue weighted by Gasteiger charge is 2.18. The smallest absolute Gasteiger partial charge is 0.251 e. The topological polar surface area (TPSA) is 32.3 Å². The molecular weight excluding hydrogens is 224 g/mol. The van der Waals surface area contributed by atoms with Crippen LogP contribution in [0.25, 0.3) is 0 Å². The van der Waals surface area contributed by atoms with Crippen molar-refractivity contribution in [3.05, 3.63) is 29.3 Å². The highest BCUT2D eigenvalue weighted by Crippen LogP contribution is 2.21. The Labute approximate surface area is 109 Å². The second kappa shape index (κ2) is 5.42. The van der Waals surface area contributed by atoms with Gasteiger partial charge in [-0.2, -0.15) is 0 Å². The second-order valence-corrected chi connectivity index (χ2v) is 5.35. The lowest BCUT2D eigenvalue weighted by atomic mass is 10.1. The molecule has 0 atom stereocenters. The fraction of sp³-hybridized carbons (Fsp3) is 0.533. The average molecular weight is 246 g/mol.